The van der Waals surface area contributed by atoms with Gasteiger partial charge in [0.25, 0.3) is 0 Å². The van der Waals surface area contributed by atoms with Crippen LogP contribution < -0.4 is 10.5 Å². The van der Waals surface area contributed by atoms with Gasteiger partial charge in [0.05, 0.1) is 6.61 Å². The summed E-state index contributed by atoms with van der Waals surface area (Å²) in [5, 5.41) is 0. The van der Waals surface area contributed by atoms with Gasteiger partial charge in [-0.05, 0) is 30.2 Å². The second-order valence-electron chi connectivity index (χ2n) is 4.38. The van der Waals surface area contributed by atoms with Crippen LogP contribution in [0.25, 0.3) is 0 Å². The van der Waals surface area contributed by atoms with Crippen LogP contribution in [-0.4, -0.2) is 13.2 Å². The molecular formula is C13H21NO. The molecule has 0 aromatic heterocycles. The molecule has 1 aromatic carbocycles. The second kappa shape index (κ2) is 5.76. The Labute approximate surface area is 92.4 Å². The van der Waals surface area contributed by atoms with Gasteiger partial charge in [-0.3, -0.25) is 0 Å². The minimum absolute atomic E-state index is 0.412. The van der Waals surface area contributed by atoms with Gasteiger partial charge in [0.1, 0.15) is 5.75 Å². The zero-order valence-electron chi connectivity index (χ0n) is 9.86. The van der Waals surface area contributed by atoms with E-state index in [1.54, 1.807) is 0 Å². The van der Waals surface area contributed by atoms with Crippen LogP contribution in [0.3, 0.4) is 0 Å². The molecule has 0 amide bonds. The largest absolute Gasteiger partial charge is 0.493 e. The van der Waals surface area contributed by atoms with Gasteiger partial charge in [-0.25, -0.2) is 0 Å². The maximum absolute atomic E-state index is 5.61. The molecule has 0 heterocycles. The zero-order chi connectivity index (χ0) is 11.3. The summed E-state index contributed by atoms with van der Waals surface area (Å²) in [6, 6.07) is 8.29. The highest BCUT2D eigenvalue weighted by molar-refractivity contribution is 5.28. The lowest BCUT2D eigenvalue weighted by molar-refractivity contribution is 0.264. The van der Waals surface area contributed by atoms with Crippen molar-refractivity contribution in [2.24, 2.45) is 11.7 Å². The van der Waals surface area contributed by atoms with Crippen molar-refractivity contribution in [2.45, 2.75) is 26.7 Å². The van der Waals surface area contributed by atoms with Gasteiger partial charge in [-0.1, -0.05) is 32.9 Å². The highest BCUT2D eigenvalue weighted by atomic mass is 16.5. The fourth-order valence-electron chi connectivity index (χ4n) is 1.26. The van der Waals surface area contributed by atoms with Crippen molar-refractivity contribution in [1.82, 2.24) is 0 Å². The van der Waals surface area contributed by atoms with E-state index in [0.717, 1.165) is 5.75 Å². The van der Waals surface area contributed by atoms with Gasteiger partial charge in [0, 0.05) is 5.92 Å². The fraction of sp³-hybridized carbons (Fsp3) is 0.538. The van der Waals surface area contributed by atoms with Crippen LogP contribution in [0.5, 0.6) is 5.75 Å². The maximum Gasteiger partial charge on any atom is 0.119 e. The Bertz CT molecular complexity index is 279. The summed E-state index contributed by atoms with van der Waals surface area (Å²) in [4.78, 5) is 0. The zero-order valence-corrected chi connectivity index (χ0v) is 9.86. The Morgan fingerprint density at radius 3 is 2.20 bits per heavy atom. The molecule has 0 fully saturated rings. The summed E-state index contributed by atoms with van der Waals surface area (Å²) < 4.78 is 5.61. The predicted octanol–water partition coefficient (Wildman–Crippen LogP) is 2.78. The molecule has 2 N–H and O–H groups in total. The molecule has 0 bridgehead atoms. The molecule has 84 valence electrons. The average Bonchev–Trinajstić information content (AvgIpc) is 2.26. The molecular weight excluding hydrogens is 186 g/mol. The quantitative estimate of drug-likeness (QED) is 0.805. The van der Waals surface area contributed by atoms with Crippen molar-refractivity contribution in [3.8, 4) is 5.75 Å². The maximum atomic E-state index is 5.61. The lowest BCUT2D eigenvalue weighted by Gasteiger charge is -2.12. The van der Waals surface area contributed by atoms with Crippen LogP contribution in [0.2, 0.25) is 0 Å². The van der Waals surface area contributed by atoms with Gasteiger partial charge in [0.15, 0.2) is 0 Å². The van der Waals surface area contributed by atoms with Crippen molar-refractivity contribution >= 4 is 0 Å². The standard InChI is InChI=1S/C13H21NO/c1-10(2)12-4-6-13(7-5-12)15-9-11(3)8-14/h4-7,10-11H,8-9,14H2,1-3H3. The van der Waals surface area contributed by atoms with Gasteiger partial charge in [-0.15, -0.1) is 0 Å². The Hall–Kier alpha value is -1.02. The Kier molecular flexibility index (Phi) is 4.63. The summed E-state index contributed by atoms with van der Waals surface area (Å²) in [5.41, 5.74) is 6.86. The predicted molar refractivity (Wildman–Crippen MR) is 64.2 cm³/mol. The van der Waals surface area contributed by atoms with E-state index >= 15 is 0 Å². The number of hydrogen-bond acceptors (Lipinski definition) is 2. The smallest absolute Gasteiger partial charge is 0.119 e. The molecule has 0 spiro atoms. The first kappa shape index (κ1) is 12.1. The number of hydrogen-bond donors (Lipinski definition) is 1. The van der Waals surface area contributed by atoms with Crippen LogP contribution in [-0.2, 0) is 0 Å². The van der Waals surface area contributed by atoms with E-state index in [2.05, 4.69) is 32.9 Å². The second-order valence-corrected chi connectivity index (χ2v) is 4.38. The van der Waals surface area contributed by atoms with Gasteiger partial charge >= 0.3 is 0 Å². The third-order valence-electron chi connectivity index (χ3n) is 2.48. The lowest BCUT2D eigenvalue weighted by atomic mass is 10.0. The third kappa shape index (κ3) is 3.92. The van der Waals surface area contributed by atoms with E-state index in [4.69, 9.17) is 10.5 Å². The first-order chi connectivity index (χ1) is 7.13. The molecule has 15 heavy (non-hydrogen) atoms. The molecule has 1 atom stereocenters. The molecule has 2 nitrogen and oxygen atoms in total. The lowest BCUT2D eigenvalue weighted by Crippen LogP contribution is -2.18. The number of benzene rings is 1. The van der Waals surface area contributed by atoms with Crippen LogP contribution in [0.15, 0.2) is 24.3 Å². The molecule has 0 aliphatic carbocycles. The highest BCUT2D eigenvalue weighted by Crippen LogP contribution is 2.18. The minimum Gasteiger partial charge on any atom is -0.493 e. The van der Waals surface area contributed by atoms with E-state index in [-0.39, 0.29) is 0 Å². The number of ether oxygens (including phenoxy) is 1. The minimum atomic E-state index is 0.412. The Balaban J connectivity index is 2.50. The van der Waals surface area contributed by atoms with Crippen LogP contribution in [0, 0.1) is 5.92 Å². The van der Waals surface area contributed by atoms with E-state index < -0.39 is 0 Å². The third-order valence-corrected chi connectivity index (χ3v) is 2.48. The van der Waals surface area contributed by atoms with Crippen molar-refractivity contribution in [3.05, 3.63) is 29.8 Å². The summed E-state index contributed by atoms with van der Waals surface area (Å²) >= 11 is 0. The molecule has 1 rings (SSSR count). The van der Waals surface area contributed by atoms with Crippen LogP contribution in [0.4, 0.5) is 0 Å². The summed E-state index contributed by atoms with van der Waals surface area (Å²) in [5.74, 6) is 1.91. The topological polar surface area (TPSA) is 35.2 Å². The molecule has 2 heteroatoms. The van der Waals surface area contributed by atoms with E-state index in [0.29, 0.717) is 25.0 Å². The molecule has 0 aliphatic rings. The van der Waals surface area contributed by atoms with Crippen LogP contribution in [0.1, 0.15) is 32.3 Å². The SMILES string of the molecule is CC(CN)COc1ccc(C(C)C)cc1. The molecule has 0 aliphatic heterocycles. The van der Waals surface area contributed by atoms with E-state index in [9.17, 15) is 0 Å². The van der Waals surface area contributed by atoms with Crippen molar-refractivity contribution in [3.63, 3.8) is 0 Å². The molecule has 1 unspecified atom stereocenters. The van der Waals surface area contributed by atoms with Crippen molar-refractivity contribution < 1.29 is 4.74 Å². The van der Waals surface area contributed by atoms with Crippen LogP contribution >= 0.6 is 0 Å². The first-order valence-corrected chi connectivity index (χ1v) is 5.56. The molecule has 0 saturated heterocycles. The molecule has 1 aromatic rings. The van der Waals surface area contributed by atoms with Gasteiger partial charge in [-0.2, -0.15) is 0 Å². The summed E-state index contributed by atoms with van der Waals surface area (Å²) in [6.07, 6.45) is 0. The molecule has 0 radical (unpaired) electrons. The highest BCUT2D eigenvalue weighted by Gasteiger charge is 2.02. The summed E-state index contributed by atoms with van der Waals surface area (Å²) in [7, 11) is 0. The first-order valence-electron chi connectivity index (χ1n) is 5.56. The Morgan fingerprint density at radius 1 is 1.13 bits per heavy atom. The molecule has 0 saturated carbocycles. The van der Waals surface area contributed by atoms with E-state index in [1.807, 2.05) is 12.1 Å². The normalized spacial score (nSPS) is 12.9. The van der Waals surface area contributed by atoms with Gasteiger partial charge in [0.2, 0.25) is 0 Å². The van der Waals surface area contributed by atoms with Crippen molar-refractivity contribution in [1.29, 1.82) is 0 Å². The number of rotatable bonds is 5. The Morgan fingerprint density at radius 2 is 1.73 bits per heavy atom. The van der Waals surface area contributed by atoms with Crippen molar-refractivity contribution in [2.75, 3.05) is 13.2 Å². The summed E-state index contributed by atoms with van der Waals surface area (Å²) in [6.45, 7) is 7.82. The monoisotopic (exact) mass is 207 g/mol. The van der Waals surface area contributed by atoms with Gasteiger partial charge < -0.3 is 10.5 Å². The van der Waals surface area contributed by atoms with E-state index in [1.165, 1.54) is 5.56 Å². The fourth-order valence-corrected chi connectivity index (χ4v) is 1.26. The average molecular weight is 207 g/mol. The number of nitrogens with two attached hydrogens (primary N) is 1.